The summed E-state index contributed by atoms with van der Waals surface area (Å²) < 4.78 is 0. The van der Waals surface area contributed by atoms with E-state index in [4.69, 9.17) is 0 Å². The Balaban J connectivity index is 0.00000364. The van der Waals surface area contributed by atoms with E-state index in [1.807, 2.05) is 49.1 Å². The molecule has 8 heteroatoms. The molecule has 1 heterocycles. The minimum atomic E-state index is 0. The summed E-state index contributed by atoms with van der Waals surface area (Å²) in [4.78, 5) is 24.2. The van der Waals surface area contributed by atoms with Crippen molar-refractivity contribution in [3.8, 4) is 0 Å². The number of rotatable bonds is 7. The first kappa shape index (κ1) is 23.4. The van der Waals surface area contributed by atoms with Gasteiger partial charge in [-0.05, 0) is 26.3 Å². The average molecular weight is 501 g/mol. The number of nitrogens with one attached hydrogen (secondary N) is 2. The highest BCUT2D eigenvalue weighted by molar-refractivity contribution is 14.0. The number of benzene rings is 1. The number of nitrogens with zero attached hydrogens (tertiary/aromatic N) is 3. The number of aryl methyl sites for hydroxylation is 2. The topological polar surface area (TPSA) is 69.6 Å². The highest BCUT2D eigenvalue weighted by Gasteiger charge is 2.13. The van der Waals surface area contributed by atoms with Crippen LogP contribution in [0.3, 0.4) is 0 Å². The Morgan fingerprint density at radius 1 is 1.22 bits per heavy atom. The predicted octanol–water partition coefficient (Wildman–Crippen LogP) is 3.09. The second-order valence-electron chi connectivity index (χ2n) is 5.92. The Kier molecular flexibility index (Phi) is 10.3. The smallest absolute Gasteiger partial charge is 0.242 e. The molecule has 148 valence electrons. The number of hydrogen-bond donors (Lipinski definition) is 2. The lowest BCUT2D eigenvalue weighted by atomic mass is 10.2. The number of halogens is 1. The number of carbonyl (C=O) groups is 1. The standard InChI is InChI=1S/C19H27N5OS.HI/c1-5-24(13-16-9-7-6-8-10-16)18(25)12-22-19(20-4)21-11-17-23-14(2)15(3)26-17;/h6-10H,5,11-13H2,1-4H3,(H2,20,21,22);1H. The van der Waals surface area contributed by atoms with Crippen molar-refractivity contribution in [3.05, 3.63) is 51.5 Å². The molecule has 0 saturated carbocycles. The van der Waals surface area contributed by atoms with Crippen molar-refractivity contribution in [1.29, 1.82) is 0 Å². The molecule has 0 spiro atoms. The van der Waals surface area contributed by atoms with E-state index < -0.39 is 0 Å². The van der Waals surface area contributed by atoms with E-state index in [1.54, 1.807) is 18.4 Å². The van der Waals surface area contributed by atoms with Crippen molar-refractivity contribution in [1.82, 2.24) is 20.5 Å². The molecule has 0 aliphatic heterocycles. The lowest BCUT2D eigenvalue weighted by Gasteiger charge is -2.22. The molecule has 0 atom stereocenters. The van der Waals surface area contributed by atoms with E-state index in [-0.39, 0.29) is 36.4 Å². The SMILES string of the molecule is CCN(Cc1ccccc1)C(=O)CNC(=NC)NCc1nc(C)c(C)s1.I. The molecule has 2 N–H and O–H groups in total. The highest BCUT2D eigenvalue weighted by atomic mass is 127. The number of aliphatic imine (C=N–C) groups is 1. The van der Waals surface area contributed by atoms with Crippen LogP contribution in [0.2, 0.25) is 0 Å². The van der Waals surface area contributed by atoms with E-state index in [1.165, 1.54) is 4.88 Å². The molecule has 1 aromatic heterocycles. The van der Waals surface area contributed by atoms with E-state index in [9.17, 15) is 4.79 Å². The second-order valence-corrected chi connectivity index (χ2v) is 7.21. The van der Waals surface area contributed by atoms with Crippen LogP contribution in [0.4, 0.5) is 0 Å². The summed E-state index contributed by atoms with van der Waals surface area (Å²) >= 11 is 1.67. The number of likely N-dealkylation sites (N-methyl/N-ethyl adjacent to an activating group) is 1. The van der Waals surface area contributed by atoms with Gasteiger partial charge in [-0.15, -0.1) is 35.3 Å². The number of guanidine groups is 1. The molecule has 0 radical (unpaired) electrons. The highest BCUT2D eigenvalue weighted by Crippen LogP contribution is 2.15. The van der Waals surface area contributed by atoms with Crippen LogP contribution >= 0.6 is 35.3 Å². The Bertz CT molecular complexity index is 728. The zero-order chi connectivity index (χ0) is 18.9. The molecule has 2 rings (SSSR count). The molecule has 1 amide bonds. The second kappa shape index (κ2) is 11.9. The lowest BCUT2D eigenvalue weighted by molar-refractivity contribution is -0.130. The molecule has 0 fully saturated rings. The van der Waals surface area contributed by atoms with Crippen molar-refractivity contribution >= 4 is 47.2 Å². The Hall–Kier alpha value is -1.68. The van der Waals surface area contributed by atoms with E-state index in [0.29, 0.717) is 25.6 Å². The van der Waals surface area contributed by atoms with Gasteiger partial charge < -0.3 is 15.5 Å². The maximum atomic E-state index is 12.5. The van der Waals surface area contributed by atoms with Crippen molar-refractivity contribution in [2.24, 2.45) is 4.99 Å². The van der Waals surface area contributed by atoms with Crippen LogP contribution in [0.25, 0.3) is 0 Å². The van der Waals surface area contributed by atoms with Gasteiger partial charge in [0.25, 0.3) is 0 Å². The first-order valence-electron chi connectivity index (χ1n) is 8.72. The summed E-state index contributed by atoms with van der Waals surface area (Å²) in [6.07, 6.45) is 0. The molecule has 2 aromatic rings. The van der Waals surface area contributed by atoms with Crippen LogP contribution < -0.4 is 10.6 Å². The van der Waals surface area contributed by atoms with Gasteiger partial charge in [-0.25, -0.2) is 4.98 Å². The Morgan fingerprint density at radius 2 is 1.93 bits per heavy atom. The maximum absolute atomic E-state index is 12.5. The fourth-order valence-electron chi connectivity index (χ4n) is 2.45. The molecule has 0 aliphatic carbocycles. The van der Waals surface area contributed by atoms with Gasteiger partial charge in [0.1, 0.15) is 5.01 Å². The fourth-order valence-corrected chi connectivity index (χ4v) is 3.32. The number of carbonyl (C=O) groups excluding carboxylic acids is 1. The zero-order valence-electron chi connectivity index (χ0n) is 16.3. The molecule has 27 heavy (non-hydrogen) atoms. The van der Waals surface area contributed by atoms with Gasteiger partial charge in [0.15, 0.2) is 5.96 Å². The first-order valence-corrected chi connectivity index (χ1v) is 9.54. The van der Waals surface area contributed by atoms with Gasteiger partial charge in [0, 0.05) is 25.0 Å². The summed E-state index contributed by atoms with van der Waals surface area (Å²) in [5, 5.41) is 7.30. The van der Waals surface area contributed by atoms with Crippen LogP contribution in [-0.4, -0.2) is 41.9 Å². The predicted molar refractivity (Wildman–Crippen MR) is 123 cm³/mol. The average Bonchev–Trinajstić information content (AvgIpc) is 2.98. The number of amides is 1. The van der Waals surface area contributed by atoms with Crippen molar-refractivity contribution in [2.45, 2.75) is 33.9 Å². The summed E-state index contributed by atoms with van der Waals surface area (Å²) in [6, 6.07) is 10.0. The Labute approximate surface area is 182 Å². The molecular formula is C19H28IN5OS. The summed E-state index contributed by atoms with van der Waals surface area (Å²) in [6.45, 7) is 8.13. The number of aromatic nitrogens is 1. The van der Waals surface area contributed by atoms with Crippen molar-refractivity contribution in [2.75, 3.05) is 20.1 Å². The third kappa shape index (κ3) is 7.45. The van der Waals surface area contributed by atoms with Crippen LogP contribution in [0.1, 0.15) is 28.1 Å². The lowest BCUT2D eigenvalue weighted by Crippen LogP contribution is -2.44. The van der Waals surface area contributed by atoms with Gasteiger partial charge >= 0.3 is 0 Å². The van der Waals surface area contributed by atoms with Crippen molar-refractivity contribution < 1.29 is 4.79 Å². The van der Waals surface area contributed by atoms with E-state index in [0.717, 1.165) is 16.3 Å². The van der Waals surface area contributed by atoms with Crippen LogP contribution in [0, 0.1) is 13.8 Å². The van der Waals surface area contributed by atoms with Gasteiger partial charge in [0.2, 0.25) is 5.91 Å². The summed E-state index contributed by atoms with van der Waals surface area (Å²) in [7, 11) is 1.69. The van der Waals surface area contributed by atoms with E-state index >= 15 is 0 Å². The third-order valence-corrected chi connectivity index (χ3v) is 5.13. The van der Waals surface area contributed by atoms with Gasteiger partial charge in [-0.1, -0.05) is 30.3 Å². The molecule has 0 aliphatic rings. The number of thiazole rings is 1. The van der Waals surface area contributed by atoms with Gasteiger partial charge in [0.05, 0.1) is 18.8 Å². The molecular weight excluding hydrogens is 473 g/mol. The van der Waals surface area contributed by atoms with Gasteiger partial charge in [-0.2, -0.15) is 0 Å². The van der Waals surface area contributed by atoms with Crippen LogP contribution in [0.5, 0.6) is 0 Å². The molecule has 0 bridgehead atoms. The van der Waals surface area contributed by atoms with E-state index in [2.05, 4.69) is 27.5 Å². The molecule has 0 unspecified atom stereocenters. The monoisotopic (exact) mass is 501 g/mol. The molecule has 0 saturated heterocycles. The summed E-state index contributed by atoms with van der Waals surface area (Å²) in [5.74, 6) is 0.639. The minimum absolute atomic E-state index is 0. The van der Waals surface area contributed by atoms with Crippen LogP contribution in [0.15, 0.2) is 35.3 Å². The summed E-state index contributed by atoms with van der Waals surface area (Å²) in [5.41, 5.74) is 2.18. The molecule has 6 nitrogen and oxygen atoms in total. The van der Waals surface area contributed by atoms with Crippen LogP contribution in [-0.2, 0) is 17.9 Å². The number of hydrogen-bond acceptors (Lipinski definition) is 4. The maximum Gasteiger partial charge on any atom is 0.242 e. The zero-order valence-corrected chi connectivity index (χ0v) is 19.4. The normalized spacial score (nSPS) is 10.9. The Morgan fingerprint density at radius 3 is 2.48 bits per heavy atom. The quantitative estimate of drug-likeness (QED) is 0.348. The fraction of sp³-hybridized carbons (Fsp3) is 0.421. The van der Waals surface area contributed by atoms with Gasteiger partial charge in [-0.3, -0.25) is 9.79 Å². The molecule has 1 aromatic carbocycles. The first-order chi connectivity index (χ1) is 12.5. The minimum Gasteiger partial charge on any atom is -0.350 e. The third-order valence-electron chi connectivity index (χ3n) is 4.06. The van der Waals surface area contributed by atoms with Crippen molar-refractivity contribution in [3.63, 3.8) is 0 Å². The largest absolute Gasteiger partial charge is 0.350 e.